The Morgan fingerprint density at radius 3 is 2.84 bits per heavy atom. The van der Waals surface area contributed by atoms with Crippen LogP contribution in [0.5, 0.6) is 0 Å². The van der Waals surface area contributed by atoms with Crippen LogP contribution in [0.3, 0.4) is 0 Å². The number of nitro groups is 1. The van der Waals surface area contributed by atoms with Gasteiger partial charge in [0.25, 0.3) is 5.69 Å². The first-order valence-corrected chi connectivity index (χ1v) is 6.15. The number of hydrogen-bond acceptors (Lipinski definition) is 6. The van der Waals surface area contributed by atoms with Gasteiger partial charge in [-0.15, -0.1) is 11.3 Å². The molecule has 1 aromatic heterocycles. The Morgan fingerprint density at radius 2 is 2.21 bits per heavy atom. The SMILES string of the molecule is Cc1nc(C#N)c(C(O)c2ccccc2[N+](=O)[O-])s1. The lowest BCUT2D eigenvalue weighted by molar-refractivity contribution is -0.386. The highest BCUT2D eigenvalue weighted by Gasteiger charge is 2.25. The Kier molecular flexibility index (Phi) is 3.55. The standard InChI is InChI=1S/C12H9N3O3S/c1-7-14-9(6-13)12(19-7)11(16)8-4-2-3-5-10(8)15(17)18/h2-5,11,16H,1H3. The maximum absolute atomic E-state index is 10.9. The van der Waals surface area contributed by atoms with Crippen molar-refractivity contribution in [3.63, 3.8) is 0 Å². The van der Waals surface area contributed by atoms with Gasteiger partial charge in [0.1, 0.15) is 12.2 Å². The van der Waals surface area contributed by atoms with Crippen molar-refractivity contribution in [2.75, 3.05) is 0 Å². The van der Waals surface area contributed by atoms with E-state index in [1.165, 1.54) is 18.2 Å². The summed E-state index contributed by atoms with van der Waals surface area (Å²) in [6, 6.07) is 7.80. The van der Waals surface area contributed by atoms with E-state index >= 15 is 0 Å². The van der Waals surface area contributed by atoms with Gasteiger partial charge in [-0.2, -0.15) is 5.26 Å². The number of benzene rings is 1. The molecule has 0 amide bonds. The highest BCUT2D eigenvalue weighted by molar-refractivity contribution is 7.11. The average Bonchev–Trinajstić information content (AvgIpc) is 2.79. The maximum Gasteiger partial charge on any atom is 0.275 e. The molecule has 0 fully saturated rings. The van der Waals surface area contributed by atoms with Crippen LogP contribution in [0, 0.1) is 28.4 Å². The molecule has 0 radical (unpaired) electrons. The molecule has 0 spiro atoms. The number of aliphatic hydroxyl groups is 1. The lowest BCUT2D eigenvalue weighted by atomic mass is 10.1. The molecule has 0 bridgehead atoms. The molecule has 19 heavy (non-hydrogen) atoms. The summed E-state index contributed by atoms with van der Waals surface area (Å²) in [5, 5.41) is 30.8. The van der Waals surface area contributed by atoms with Gasteiger partial charge in [-0.25, -0.2) is 4.98 Å². The van der Waals surface area contributed by atoms with Crippen LogP contribution >= 0.6 is 11.3 Å². The Morgan fingerprint density at radius 1 is 1.53 bits per heavy atom. The third-order valence-electron chi connectivity index (χ3n) is 2.54. The molecule has 0 saturated carbocycles. The Labute approximate surface area is 112 Å². The molecule has 6 nitrogen and oxygen atoms in total. The van der Waals surface area contributed by atoms with Gasteiger partial charge in [-0.1, -0.05) is 12.1 Å². The minimum atomic E-state index is -1.22. The minimum Gasteiger partial charge on any atom is -0.382 e. The van der Waals surface area contributed by atoms with Crippen molar-refractivity contribution >= 4 is 17.0 Å². The summed E-state index contributed by atoms with van der Waals surface area (Å²) >= 11 is 1.16. The molecule has 2 rings (SSSR count). The van der Waals surface area contributed by atoms with E-state index in [0.717, 1.165) is 11.3 Å². The van der Waals surface area contributed by atoms with Crippen molar-refractivity contribution in [2.45, 2.75) is 13.0 Å². The van der Waals surface area contributed by atoms with E-state index in [4.69, 9.17) is 5.26 Å². The third kappa shape index (κ3) is 2.45. The second-order valence-electron chi connectivity index (χ2n) is 3.78. The van der Waals surface area contributed by atoms with E-state index in [1.807, 2.05) is 6.07 Å². The van der Waals surface area contributed by atoms with Crippen LogP contribution in [0.25, 0.3) is 0 Å². The quantitative estimate of drug-likeness (QED) is 0.684. The number of rotatable bonds is 3. The van der Waals surface area contributed by atoms with Crippen LogP contribution in [-0.4, -0.2) is 15.0 Å². The van der Waals surface area contributed by atoms with Gasteiger partial charge in [0.15, 0.2) is 5.69 Å². The zero-order valence-electron chi connectivity index (χ0n) is 9.90. The van der Waals surface area contributed by atoms with Gasteiger partial charge in [-0.05, 0) is 13.0 Å². The third-order valence-corrected chi connectivity index (χ3v) is 3.57. The molecule has 0 aliphatic rings. The first-order valence-electron chi connectivity index (χ1n) is 5.33. The van der Waals surface area contributed by atoms with Gasteiger partial charge < -0.3 is 5.11 Å². The van der Waals surface area contributed by atoms with Gasteiger partial charge in [-0.3, -0.25) is 10.1 Å². The van der Waals surface area contributed by atoms with Crippen LogP contribution in [-0.2, 0) is 0 Å². The van der Waals surface area contributed by atoms with Crippen LogP contribution in [0.2, 0.25) is 0 Å². The number of aromatic nitrogens is 1. The summed E-state index contributed by atoms with van der Waals surface area (Å²) in [7, 11) is 0. The maximum atomic E-state index is 10.9. The minimum absolute atomic E-state index is 0.105. The van der Waals surface area contributed by atoms with Crippen molar-refractivity contribution in [2.24, 2.45) is 0 Å². The molecule has 1 unspecified atom stereocenters. The van der Waals surface area contributed by atoms with E-state index in [1.54, 1.807) is 13.0 Å². The molecule has 2 aromatic rings. The molecule has 0 saturated heterocycles. The molecule has 1 aromatic carbocycles. The second-order valence-corrected chi connectivity index (χ2v) is 5.01. The number of aliphatic hydroxyl groups excluding tert-OH is 1. The predicted octanol–water partition coefficient (Wildman–Crippen LogP) is 2.31. The average molecular weight is 275 g/mol. The van der Waals surface area contributed by atoms with Gasteiger partial charge in [0.05, 0.1) is 20.4 Å². The molecule has 1 heterocycles. The van der Waals surface area contributed by atoms with Gasteiger partial charge in [0, 0.05) is 6.07 Å². The van der Waals surface area contributed by atoms with Crippen molar-refractivity contribution in [3.05, 3.63) is 55.5 Å². The molecular formula is C12H9N3O3S. The van der Waals surface area contributed by atoms with Crippen LogP contribution in [0.1, 0.15) is 27.2 Å². The van der Waals surface area contributed by atoms with Crippen LogP contribution < -0.4 is 0 Å². The van der Waals surface area contributed by atoms with Crippen molar-refractivity contribution in [1.29, 1.82) is 5.26 Å². The summed E-state index contributed by atoms with van der Waals surface area (Å²) in [5.74, 6) is 0. The summed E-state index contributed by atoms with van der Waals surface area (Å²) in [6.45, 7) is 1.71. The molecule has 96 valence electrons. The number of para-hydroxylation sites is 1. The first-order chi connectivity index (χ1) is 9.04. The number of aryl methyl sites for hydroxylation is 1. The van der Waals surface area contributed by atoms with Crippen molar-refractivity contribution in [3.8, 4) is 6.07 Å². The summed E-state index contributed by atoms with van der Waals surface area (Å²) in [4.78, 5) is 14.7. The summed E-state index contributed by atoms with van der Waals surface area (Å²) in [6.07, 6.45) is -1.22. The number of thiazole rings is 1. The van der Waals surface area contributed by atoms with E-state index in [-0.39, 0.29) is 16.9 Å². The fraction of sp³-hybridized carbons (Fsp3) is 0.167. The monoisotopic (exact) mass is 275 g/mol. The molecule has 1 atom stereocenters. The van der Waals surface area contributed by atoms with Gasteiger partial charge >= 0.3 is 0 Å². The van der Waals surface area contributed by atoms with E-state index in [9.17, 15) is 15.2 Å². The Bertz CT molecular complexity index is 675. The van der Waals surface area contributed by atoms with Crippen molar-refractivity contribution < 1.29 is 10.0 Å². The zero-order chi connectivity index (χ0) is 14.0. The molecular weight excluding hydrogens is 266 g/mol. The Balaban J connectivity index is 2.53. The summed E-state index contributed by atoms with van der Waals surface area (Å²) in [5.41, 5.74) is 0.0887. The fourth-order valence-electron chi connectivity index (χ4n) is 1.73. The number of hydrogen-bond donors (Lipinski definition) is 1. The van der Waals surface area contributed by atoms with Gasteiger partial charge in [0.2, 0.25) is 0 Å². The van der Waals surface area contributed by atoms with Crippen molar-refractivity contribution in [1.82, 2.24) is 4.98 Å². The largest absolute Gasteiger partial charge is 0.382 e. The number of nitro benzene ring substituents is 1. The Hall–Kier alpha value is -2.30. The molecule has 1 N–H and O–H groups in total. The molecule has 0 aliphatic heterocycles. The fourth-order valence-corrected chi connectivity index (χ4v) is 2.62. The van der Waals surface area contributed by atoms with Crippen LogP contribution in [0.4, 0.5) is 5.69 Å². The predicted molar refractivity (Wildman–Crippen MR) is 68.7 cm³/mol. The smallest absolute Gasteiger partial charge is 0.275 e. The van der Waals surface area contributed by atoms with Crippen LogP contribution in [0.15, 0.2) is 24.3 Å². The van der Waals surface area contributed by atoms with E-state index in [0.29, 0.717) is 9.88 Å². The lowest BCUT2D eigenvalue weighted by Crippen LogP contribution is -2.03. The molecule has 7 heteroatoms. The molecule has 0 aliphatic carbocycles. The van der Waals surface area contributed by atoms with E-state index in [2.05, 4.69) is 4.98 Å². The number of nitrogens with zero attached hydrogens (tertiary/aromatic N) is 3. The zero-order valence-corrected chi connectivity index (χ0v) is 10.7. The number of nitriles is 1. The normalized spacial score (nSPS) is 11.8. The second kappa shape index (κ2) is 5.14. The van der Waals surface area contributed by atoms with E-state index < -0.39 is 11.0 Å². The highest BCUT2D eigenvalue weighted by atomic mass is 32.1. The topological polar surface area (TPSA) is 100 Å². The lowest BCUT2D eigenvalue weighted by Gasteiger charge is -2.09. The summed E-state index contributed by atoms with van der Waals surface area (Å²) < 4.78 is 0. The highest BCUT2D eigenvalue weighted by Crippen LogP contribution is 2.34. The first kappa shape index (κ1) is 13.1.